The lowest BCUT2D eigenvalue weighted by molar-refractivity contribution is -0.163. The normalized spacial score (nSPS) is 11.5. The number of hydrogen-bond acceptors (Lipinski definition) is 2. The molecule has 0 unspecified atom stereocenters. The summed E-state index contributed by atoms with van der Waals surface area (Å²) in [6.07, 6.45) is 2.74. The highest BCUT2D eigenvalue weighted by atomic mass is 16.7. The summed E-state index contributed by atoms with van der Waals surface area (Å²) in [5.74, 6) is -0.0886. The fourth-order valence-electron chi connectivity index (χ4n) is 0.725. The molecule has 0 atom stereocenters. The highest BCUT2D eigenvalue weighted by molar-refractivity contribution is 5.91. The minimum absolute atomic E-state index is 0.0886. The van der Waals surface area contributed by atoms with E-state index in [1.54, 1.807) is 14.0 Å². The van der Waals surface area contributed by atoms with Crippen LogP contribution in [-0.4, -0.2) is 25.1 Å². The number of hydroxylamine groups is 2. The van der Waals surface area contributed by atoms with Gasteiger partial charge in [-0.05, 0) is 13.3 Å². The Balaban J connectivity index is 4.13. The van der Waals surface area contributed by atoms with Gasteiger partial charge in [0.2, 0.25) is 0 Å². The Kier molecular flexibility index (Phi) is 4.54. The van der Waals surface area contributed by atoms with Crippen molar-refractivity contribution in [3.05, 3.63) is 11.6 Å². The van der Waals surface area contributed by atoms with E-state index in [1.807, 2.05) is 13.0 Å². The lowest BCUT2D eigenvalue weighted by Crippen LogP contribution is -2.25. The van der Waals surface area contributed by atoms with Crippen LogP contribution in [0.2, 0.25) is 0 Å². The first kappa shape index (κ1) is 10.2. The van der Waals surface area contributed by atoms with E-state index < -0.39 is 0 Å². The molecule has 0 radical (unpaired) electrons. The topological polar surface area (TPSA) is 29.5 Å². The second-order valence-electron chi connectivity index (χ2n) is 2.28. The predicted molar refractivity (Wildman–Crippen MR) is 43.8 cm³/mol. The van der Waals surface area contributed by atoms with Gasteiger partial charge >= 0.3 is 0 Å². The van der Waals surface area contributed by atoms with Gasteiger partial charge in [-0.3, -0.25) is 9.63 Å². The van der Waals surface area contributed by atoms with E-state index in [1.165, 1.54) is 12.2 Å². The van der Waals surface area contributed by atoms with E-state index in [0.29, 0.717) is 0 Å². The summed E-state index contributed by atoms with van der Waals surface area (Å²) in [5.41, 5.74) is 0.719. The van der Waals surface area contributed by atoms with Gasteiger partial charge in [0.1, 0.15) is 0 Å². The summed E-state index contributed by atoms with van der Waals surface area (Å²) < 4.78 is 0. The van der Waals surface area contributed by atoms with Gasteiger partial charge in [-0.1, -0.05) is 13.0 Å². The quantitative estimate of drug-likeness (QED) is 0.457. The van der Waals surface area contributed by atoms with Gasteiger partial charge in [0.25, 0.3) is 5.91 Å². The van der Waals surface area contributed by atoms with Crippen LogP contribution in [0.15, 0.2) is 11.6 Å². The van der Waals surface area contributed by atoms with Crippen LogP contribution in [0.5, 0.6) is 0 Å². The van der Waals surface area contributed by atoms with Gasteiger partial charge in [0.05, 0.1) is 7.11 Å². The molecular weight excluding hydrogens is 142 g/mol. The van der Waals surface area contributed by atoms with E-state index in [-0.39, 0.29) is 5.91 Å². The van der Waals surface area contributed by atoms with Crippen molar-refractivity contribution in [2.45, 2.75) is 20.3 Å². The largest absolute Gasteiger partial charge is 0.274 e. The number of allylic oxidation sites excluding steroid dienone is 1. The Morgan fingerprint density at radius 1 is 1.64 bits per heavy atom. The molecule has 0 aliphatic rings. The third kappa shape index (κ3) is 3.18. The van der Waals surface area contributed by atoms with Crippen molar-refractivity contribution in [1.82, 2.24) is 5.06 Å². The van der Waals surface area contributed by atoms with Gasteiger partial charge in [-0.15, -0.1) is 0 Å². The van der Waals surface area contributed by atoms with Crippen molar-refractivity contribution in [1.29, 1.82) is 0 Å². The summed E-state index contributed by atoms with van der Waals surface area (Å²) in [6.45, 7) is 3.77. The van der Waals surface area contributed by atoms with Crippen LogP contribution in [0, 0.1) is 0 Å². The fourth-order valence-corrected chi connectivity index (χ4v) is 0.725. The van der Waals surface area contributed by atoms with Crippen LogP contribution in [0.1, 0.15) is 20.3 Å². The number of carbonyl (C=O) groups is 1. The second kappa shape index (κ2) is 4.91. The third-order valence-electron chi connectivity index (χ3n) is 1.41. The van der Waals surface area contributed by atoms with Gasteiger partial charge in [-0.25, -0.2) is 5.06 Å². The maximum Gasteiger partial charge on any atom is 0.272 e. The molecule has 0 aromatic heterocycles. The Bertz CT molecular complexity index is 163. The van der Waals surface area contributed by atoms with Crippen molar-refractivity contribution in [2.75, 3.05) is 14.2 Å². The smallest absolute Gasteiger partial charge is 0.272 e. The van der Waals surface area contributed by atoms with E-state index in [2.05, 4.69) is 0 Å². The monoisotopic (exact) mass is 157 g/mol. The highest BCUT2D eigenvalue weighted by Crippen LogP contribution is 1.99. The van der Waals surface area contributed by atoms with E-state index in [4.69, 9.17) is 4.84 Å². The van der Waals surface area contributed by atoms with Gasteiger partial charge in [-0.2, -0.15) is 0 Å². The van der Waals surface area contributed by atoms with Crippen molar-refractivity contribution in [2.24, 2.45) is 0 Å². The number of carbonyl (C=O) groups excluding carboxylic acids is 1. The number of hydrogen-bond donors (Lipinski definition) is 0. The molecule has 64 valence electrons. The zero-order valence-electron chi connectivity index (χ0n) is 7.55. The molecule has 11 heavy (non-hydrogen) atoms. The van der Waals surface area contributed by atoms with E-state index in [9.17, 15) is 4.79 Å². The van der Waals surface area contributed by atoms with Gasteiger partial charge in [0, 0.05) is 12.6 Å². The molecule has 3 nitrogen and oxygen atoms in total. The highest BCUT2D eigenvalue weighted by Gasteiger charge is 2.08. The lowest BCUT2D eigenvalue weighted by Gasteiger charge is -2.13. The predicted octanol–water partition coefficient (Wildman–Crippen LogP) is 1.36. The fraction of sp³-hybridized carbons (Fsp3) is 0.625. The Hall–Kier alpha value is -0.830. The van der Waals surface area contributed by atoms with Crippen LogP contribution in [0.4, 0.5) is 0 Å². The maximum absolute atomic E-state index is 11.2. The van der Waals surface area contributed by atoms with Crippen LogP contribution in [0.3, 0.4) is 0 Å². The van der Waals surface area contributed by atoms with Crippen molar-refractivity contribution in [3.63, 3.8) is 0 Å². The van der Waals surface area contributed by atoms with E-state index >= 15 is 0 Å². The molecule has 0 heterocycles. The van der Waals surface area contributed by atoms with Gasteiger partial charge in [0.15, 0.2) is 0 Å². The number of likely N-dealkylation sites (N-methyl/N-ethyl adjacent to an activating group) is 1. The zero-order chi connectivity index (χ0) is 8.85. The molecule has 0 rings (SSSR count). The molecule has 0 saturated carbocycles. The molecule has 0 aromatic carbocycles. The zero-order valence-corrected chi connectivity index (χ0v) is 7.55. The lowest BCUT2D eigenvalue weighted by atomic mass is 10.2. The first-order chi connectivity index (χ1) is 5.13. The molecule has 3 heteroatoms. The average Bonchev–Trinajstić information content (AvgIpc) is 2.02. The molecule has 0 aliphatic carbocycles. The molecule has 1 amide bonds. The molecule has 0 saturated heterocycles. The molecule has 0 aromatic rings. The third-order valence-corrected chi connectivity index (χ3v) is 1.41. The molecule has 0 N–H and O–H groups in total. The van der Waals surface area contributed by atoms with Crippen LogP contribution < -0.4 is 0 Å². The van der Waals surface area contributed by atoms with Crippen molar-refractivity contribution >= 4 is 5.91 Å². The Morgan fingerprint density at radius 2 is 2.18 bits per heavy atom. The standard InChI is InChI=1S/C8H15NO2/c1-5-6-7(2)8(10)9(3)11-4/h6H,5H2,1-4H3/b7-6+. The average molecular weight is 157 g/mol. The van der Waals surface area contributed by atoms with Crippen molar-refractivity contribution in [3.8, 4) is 0 Å². The van der Waals surface area contributed by atoms with Gasteiger partial charge < -0.3 is 0 Å². The number of amides is 1. The molecular formula is C8H15NO2. The SMILES string of the molecule is CC/C=C(\C)C(=O)N(C)OC. The Morgan fingerprint density at radius 3 is 2.55 bits per heavy atom. The number of nitrogens with zero attached hydrogens (tertiary/aromatic N) is 1. The van der Waals surface area contributed by atoms with Crippen LogP contribution >= 0.6 is 0 Å². The summed E-state index contributed by atoms with van der Waals surface area (Å²) in [7, 11) is 3.06. The molecule has 0 fully saturated rings. The van der Waals surface area contributed by atoms with Crippen molar-refractivity contribution < 1.29 is 9.63 Å². The Labute approximate surface area is 67.6 Å². The summed E-state index contributed by atoms with van der Waals surface area (Å²) in [4.78, 5) is 15.9. The van der Waals surface area contributed by atoms with Crippen LogP contribution in [0.25, 0.3) is 0 Å². The summed E-state index contributed by atoms with van der Waals surface area (Å²) in [5, 5.41) is 1.21. The second-order valence-corrected chi connectivity index (χ2v) is 2.28. The summed E-state index contributed by atoms with van der Waals surface area (Å²) in [6, 6.07) is 0. The minimum atomic E-state index is -0.0886. The molecule has 0 aliphatic heterocycles. The molecule has 0 bridgehead atoms. The minimum Gasteiger partial charge on any atom is -0.274 e. The maximum atomic E-state index is 11.2. The number of rotatable bonds is 3. The first-order valence-electron chi connectivity index (χ1n) is 3.62. The summed E-state index contributed by atoms with van der Waals surface area (Å²) >= 11 is 0. The first-order valence-corrected chi connectivity index (χ1v) is 3.62. The van der Waals surface area contributed by atoms with E-state index in [0.717, 1.165) is 12.0 Å². The van der Waals surface area contributed by atoms with Crippen LogP contribution in [-0.2, 0) is 9.63 Å². The molecule has 0 spiro atoms.